The van der Waals surface area contributed by atoms with Crippen LogP contribution in [-0.4, -0.2) is 61.5 Å². The summed E-state index contributed by atoms with van der Waals surface area (Å²) in [5.74, 6) is 1.04. The van der Waals surface area contributed by atoms with E-state index >= 15 is 0 Å². The van der Waals surface area contributed by atoms with E-state index in [0.29, 0.717) is 43.6 Å². The van der Waals surface area contributed by atoms with Gasteiger partial charge in [-0.3, -0.25) is 19.8 Å². The summed E-state index contributed by atoms with van der Waals surface area (Å²) >= 11 is 0. The second-order valence-electron chi connectivity index (χ2n) is 7.53. The number of aryl methyl sites for hydroxylation is 2. The van der Waals surface area contributed by atoms with E-state index < -0.39 is 4.92 Å². The fourth-order valence-corrected chi connectivity index (χ4v) is 3.78. The van der Waals surface area contributed by atoms with Crippen molar-refractivity contribution < 1.29 is 14.2 Å². The van der Waals surface area contributed by atoms with E-state index in [-0.39, 0.29) is 28.9 Å². The van der Waals surface area contributed by atoms with Crippen LogP contribution in [0, 0.1) is 17.0 Å². The molecular weight excluding hydrogens is 402 g/mol. The van der Waals surface area contributed by atoms with Gasteiger partial charge in [-0.25, -0.2) is 4.98 Å². The Balaban J connectivity index is 1.51. The zero-order valence-electron chi connectivity index (χ0n) is 17.6. The fraction of sp³-hybridized carbons (Fsp3) is 0.400. The number of imidazole rings is 1. The summed E-state index contributed by atoms with van der Waals surface area (Å²) in [7, 11) is 1.71. The van der Waals surface area contributed by atoms with Gasteiger partial charge in [-0.1, -0.05) is 5.16 Å². The number of hydrogen-bond acceptors (Lipinski definition) is 9. The van der Waals surface area contributed by atoms with Crippen molar-refractivity contribution in [1.29, 1.82) is 0 Å². The standard InChI is InChI=1S/C20H23N7O4/c1-13(20-22-14(2)23-31-20)25-8-10-26(11-9-25)16-5-4-15(12-17(16)27(29)30)18(28)19-21-6-7-24(19)3/h4-7,12-13H,8-11H2,1-3H3. The lowest BCUT2D eigenvalue weighted by molar-refractivity contribution is -0.384. The first-order valence-corrected chi connectivity index (χ1v) is 9.95. The summed E-state index contributed by atoms with van der Waals surface area (Å²) in [4.78, 5) is 36.5. The molecule has 1 aliphatic rings. The first kappa shape index (κ1) is 20.7. The SMILES string of the molecule is Cc1noc(C(C)N2CCN(c3ccc(C(=O)c4nccn4C)cc3[N+](=O)[O-])CC2)n1. The van der Waals surface area contributed by atoms with Crippen molar-refractivity contribution in [3.05, 3.63) is 63.8 Å². The second-order valence-corrected chi connectivity index (χ2v) is 7.53. The van der Waals surface area contributed by atoms with Gasteiger partial charge in [0, 0.05) is 57.3 Å². The molecule has 0 spiro atoms. The van der Waals surface area contributed by atoms with E-state index in [1.165, 1.54) is 12.3 Å². The van der Waals surface area contributed by atoms with E-state index in [2.05, 4.69) is 20.0 Å². The lowest BCUT2D eigenvalue weighted by atomic mass is 10.1. The van der Waals surface area contributed by atoms with E-state index in [1.807, 2.05) is 11.8 Å². The molecule has 1 atom stereocenters. The molecule has 0 amide bonds. The van der Waals surface area contributed by atoms with Crippen molar-refractivity contribution >= 4 is 17.2 Å². The Hall–Kier alpha value is -3.60. The van der Waals surface area contributed by atoms with Crippen LogP contribution >= 0.6 is 0 Å². The normalized spacial score (nSPS) is 15.8. The van der Waals surface area contributed by atoms with Crippen LogP contribution in [0.25, 0.3) is 0 Å². The number of aromatic nitrogens is 4. The number of nitro benzene ring substituents is 1. The van der Waals surface area contributed by atoms with Gasteiger partial charge in [-0.05, 0) is 26.0 Å². The summed E-state index contributed by atoms with van der Waals surface area (Å²) in [6.07, 6.45) is 3.18. The van der Waals surface area contributed by atoms with Crippen LogP contribution in [-0.2, 0) is 7.05 Å². The zero-order chi connectivity index (χ0) is 22.1. The highest BCUT2D eigenvalue weighted by Crippen LogP contribution is 2.32. The summed E-state index contributed by atoms with van der Waals surface area (Å²) in [6, 6.07) is 4.57. The fourth-order valence-electron chi connectivity index (χ4n) is 3.78. The molecule has 1 unspecified atom stereocenters. The molecule has 0 N–H and O–H groups in total. The average Bonchev–Trinajstić information content (AvgIpc) is 3.40. The minimum Gasteiger partial charge on any atom is -0.363 e. The number of hydrogen-bond donors (Lipinski definition) is 0. The van der Waals surface area contributed by atoms with Crippen molar-refractivity contribution in [2.24, 2.45) is 7.05 Å². The van der Waals surface area contributed by atoms with Crippen molar-refractivity contribution in [2.75, 3.05) is 31.1 Å². The molecule has 3 aromatic rings. The molecule has 2 aromatic heterocycles. The number of benzene rings is 1. The highest BCUT2D eigenvalue weighted by Gasteiger charge is 2.29. The third kappa shape index (κ3) is 4.04. The molecule has 1 saturated heterocycles. The maximum Gasteiger partial charge on any atom is 0.293 e. The number of carbonyl (C=O) groups excluding carboxylic acids is 1. The third-order valence-corrected chi connectivity index (χ3v) is 5.56. The molecule has 11 heteroatoms. The molecule has 0 bridgehead atoms. The average molecular weight is 425 g/mol. The number of ketones is 1. The largest absolute Gasteiger partial charge is 0.363 e. The van der Waals surface area contributed by atoms with Crippen LogP contribution in [0.5, 0.6) is 0 Å². The van der Waals surface area contributed by atoms with Gasteiger partial charge >= 0.3 is 0 Å². The van der Waals surface area contributed by atoms with Crippen molar-refractivity contribution in [1.82, 2.24) is 24.6 Å². The zero-order valence-corrected chi connectivity index (χ0v) is 17.6. The maximum atomic E-state index is 12.7. The Labute approximate surface area is 178 Å². The molecule has 3 heterocycles. The lowest BCUT2D eigenvalue weighted by Gasteiger charge is -2.37. The molecule has 1 aromatic carbocycles. The van der Waals surface area contributed by atoms with Gasteiger partial charge in [0.15, 0.2) is 11.6 Å². The van der Waals surface area contributed by atoms with Crippen LogP contribution in [0.4, 0.5) is 11.4 Å². The van der Waals surface area contributed by atoms with Gasteiger partial charge in [0.25, 0.3) is 5.69 Å². The second kappa shape index (κ2) is 8.26. The predicted octanol–water partition coefficient (Wildman–Crippen LogP) is 2.13. The van der Waals surface area contributed by atoms with E-state index in [9.17, 15) is 14.9 Å². The summed E-state index contributed by atoms with van der Waals surface area (Å²) in [5, 5.41) is 15.6. The Morgan fingerprint density at radius 2 is 2.00 bits per heavy atom. The van der Waals surface area contributed by atoms with Crippen molar-refractivity contribution in [3.63, 3.8) is 0 Å². The molecular formula is C20H23N7O4. The van der Waals surface area contributed by atoms with Gasteiger partial charge in [0.1, 0.15) is 5.69 Å². The van der Waals surface area contributed by atoms with E-state index in [4.69, 9.17) is 4.52 Å². The molecule has 31 heavy (non-hydrogen) atoms. The summed E-state index contributed by atoms with van der Waals surface area (Å²) < 4.78 is 6.86. The Morgan fingerprint density at radius 1 is 1.26 bits per heavy atom. The topological polar surface area (TPSA) is 123 Å². The van der Waals surface area contributed by atoms with Gasteiger partial charge in [-0.15, -0.1) is 0 Å². The summed E-state index contributed by atoms with van der Waals surface area (Å²) in [6.45, 7) is 6.36. The molecule has 162 valence electrons. The molecule has 0 radical (unpaired) electrons. The van der Waals surface area contributed by atoms with Gasteiger partial charge < -0.3 is 14.0 Å². The Bertz CT molecular complexity index is 1110. The van der Waals surface area contributed by atoms with E-state index in [0.717, 1.165) is 0 Å². The molecule has 11 nitrogen and oxygen atoms in total. The van der Waals surface area contributed by atoms with Crippen LogP contribution in [0.1, 0.15) is 40.9 Å². The maximum absolute atomic E-state index is 12.7. The number of nitrogens with zero attached hydrogens (tertiary/aromatic N) is 7. The van der Waals surface area contributed by atoms with E-state index in [1.54, 1.807) is 36.9 Å². The Morgan fingerprint density at radius 3 is 2.58 bits per heavy atom. The van der Waals surface area contributed by atoms with Crippen LogP contribution in [0.3, 0.4) is 0 Å². The van der Waals surface area contributed by atoms with Gasteiger partial charge in [-0.2, -0.15) is 4.98 Å². The number of anilines is 1. The van der Waals surface area contributed by atoms with Crippen molar-refractivity contribution in [2.45, 2.75) is 19.9 Å². The predicted molar refractivity (Wildman–Crippen MR) is 111 cm³/mol. The summed E-state index contributed by atoms with van der Waals surface area (Å²) in [5.41, 5.74) is 0.653. The van der Waals surface area contributed by atoms with Crippen LogP contribution in [0.2, 0.25) is 0 Å². The molecule has 0 saturated carbocycles. The molecule has 4 rings (SSSR count). The van der Waals surface area contributed by atoms with Gasteiger partial charge in [0.05, 0.1) is 11.0 Å². The highest BCUT2D eigenvalue weighted by atomic mass is 16.6. The van der Waals surface area contributed by atoms with Gasteiger partial charge in [0.2, 0.25) is 11.7 Å². The highest BCUT2D eigenvalue weighted by molar-refractivity contribution is 6.07. The number of nitro groups is 1. The Kier molecular flexibility index (Phi) is 5.51. The minimum absolute atomic E-state index is 0.0314. The molecule has 0 aliphatic carbocycles. The smallest absolute Gasteiger partial charge is 0.293 e. The van der Waals surface area contributed by atoms with Crippen LogP contribution in [0.15, 0.2) is 35.1 Å². The number of rotatable bonds is 6. The molecule has 1 fully saturated rings. The first-order valence-electron chi connectivity index (χ1n) is 9.95. The molecule has 1 aliphatic heterocycles. The lowest BCUT2D eigenvalue weighted by Crippen LogP contribution is -2.47. The number of piperazine rings is 1. The number of carbonyl (C=O) groups is 1. The third-order valence-electron chi connectivity index (χ3n) is 5.56. The van der Waals surface area contributed by atoms with Crippen molar-refractivity contribution in [3.8, 4) is 0 Å². The first-order chi connectivity index (χ1) is 14.8. The van der Waals surface area contributed by atoms with Crippen LogP contribution < -0.4 is 4.90 Å². The minimum atomic E-state index is -0.444. The monoisotopic (exact) mass is 425 g/mol. The quantitative estimate of drug-likeness (QED) is 0.332.